The van der Waals surface area contributed by atoms with Crippen LogP contribution in [-0.4, -0.2) is 29.2 Å². The van der Waals surface area contributed by atoms with Gasteiger partial charge >= 0.3 is 6.03 Å². The summed E-state index contributed by atoms with van der Waals surface area (Å²) in [6.07, 6.45) is 3.34. The van der Waals surface area contributed by atoms with Gasteiger partial charge in [0.05, 0.1) is 0 Å². The van der Waals surface area contributed by atoms with Gasteiger partial charge < -0.3 is 21.6 Å². The first-order valence-corrected chi connectivity index (χ1v) is 6.08. The summed E-state index contributed by atoms with van der Waals surface area (Å²) in [6, 6.07) is -0.270. The van der Waals surface area contributed by atoms with Crippen molar-refractivity contribution in [1.29, 1.82) is 0 Å². The second kappa shape index (κ2) is 5.75. The van der Waals surface area contributed by atoms with E-state index in [1.807, 2.05) is 6.92 Å². The zero-order valence-corrected chi connectivity index (χ0v) is 10.5. The zero-order valence-electron chi connectivity index (χ0n) is 10.5. The Balaban J connectivity index is 2.77. The molecule has 1 aliphatic carbocycles. The van der Waals surface area contributed by atoms with E-state index in [9.17, 15) is 4.79 Å². The minimum atomic E-state index is -0.694. The van der Waals surface area contributed by atoms with E-state index in [0.29, 0.717) is 25.3 Å². The minimum Gasteiger partial charge on any atom is -0.409 e. The number of carbonyl (C=O) groups is 1. The molecule has 1 fully saturated rings. The van der Waals surface area contributed by atoms with Gasteiger partial charge in [-0.1, -0.05) is 12.1 Å². The normalized spacial score (nSPS) is 29.8. The van der Waals surface area contributed by atoms with Crippen LogP contribution >= 0.6 is 0 Å². The zero-order chi connectivity index (χ0) is 12.9. The van der Waals surface area contributed by atoms with Crippen LogP contribution in [0.4, 0.5) is 4.79 Å². The van der Waals surface area contributed by atoms with Crippen molar-refractivity contribution in [1.82, 2.24) is 10.6 Å². The molecule has 0 unspecified atom stereocenters. The average molecular weight is 242 g/mol. The van der Waals surface area contributed by atoms with Gasteiger partial charge in [0.2, 0.25) is 0 Å². The molecule has 0 aliphatic heterocycles. The summed E-state index contributed by atoms with van der Waals surface area (Å²) in [5.74, 6) is 0.710. The number of rotatable bonds is 3. The quantitative estimate of drug-likeness (QED) is 0.257. The van der Waals surface area contributed by atoms with E-state index in [2.05, 4.69) is 22.7 Å². The number of amides is 2. The lowest BCUT2D eigenvalue weighted by Crippen LogP contribution is -2.61. The van der Waals surface area contributed by atoms with Crippen molar-refractivity contribution in [3.63, 3.8) is 0 Å². The molecule has 98 valence electrons. The summed E-state index contributed by atoms with van der Waals surface area (Å²) in [4.78, 5) is 11.6. The van der Waals surface area contributed by atoms with E-state index in [1.54, 1.807) is 0 Å². The summed E-state index contributed by atoms with van der Waals surface area (Å²) in [6.45, 7) is 4.56. The molecule has 2 amide bonds. The van der Waals surface area contributed by atoms with Gasteiger partial charge in [-0.05, 0) is 38.5 Å². The molecule has 0 aromatic rings. The molecule has 1 rings (SSSR count). The van der Waals surface area contributed by atoms with Crippen LogP contribution in [0.1, 0.15) is 39.5 Å². The van der Waals surface area contributed by atoms with Crippen LogP contribution in [-0.2, 0) is 0 Å². The number of nitrogens with two attached hydrogens (primary N) is 1. The van der Waals surface area contributed by atoms with Crippen molar-refractivity contribution in [2.45, 2.75) is 45.1 Å². The summed E-state index contributed by atoms with van der Waals surface area (Å²) < 4.78 is 0. The fraction of sp³-hybridized carbons (Fsp3) is 0.818. The number of carbonyl (C=O) groups excluding carboxylic acids is 1. The molecule has 0 spiro atoms. The Labute approximate surface area is 102 Å². The summed E-state index contributed by atoms with van der Waals surface area (Å²) in [5, 5.41) is 17.4. The van der Waals surface area contributed by atoms with Gasteiger partial charge in [-0.15, -0.1) is 0 Å². The molecule has 0 bridgehead atoms. The van der Waals surface area contributed by atoms with E-state index in [0.717, 1.165) is 12.8 Å². The lowest BCUT2D eigenvalue weighted by molar-refractivity contribution is 0.213. The molecule has 5 N–H and O–H groups in total. The van der Waals surface area contributed by atoms with Crippen molar-refractivity contribution in [3.05, 3.63) is 0 Å². The van der Waals surface area contributed by atoms with Gasteiger partial charge in [0, 0.05) is 6.54 Å². The largest absolute Gasteiger partial charge is 0.409 e. The smallest absolute Gasteiger partial charge is 0.315 e. The van der Waals surface area contributed by atoms with Gasteiger partial charge in [0.15, 0.2) is 5.84 Å². The van der Waals surface area contributed by atoms with Gasteiger partial charge in [-0.2, -0.15) is 0 Å². The van der Waals surface area contributed by atoms with E-state index in [-0.39, 0.29) is 11.9 Å². The van der Waals surface area contributed by atoms with Crippen molar-refractivity contribution in [2.75, 3.05) is 6.54 Å². The Hall–Kier alpha value is -1.46. The number of hydrogen-bond acceptors (Lipinski definition) is 3. The summed E-state index contributed by atoms with van der Waals surface area (Å²) in [5.41, 5.74) is 5.04. The third kappa shape index (κ3) is 3.25. The maximum absolute atomic E-state index is 11.6. The second-order valence-corrected chi connectivity index (χ2v) is 4.73. The van der Waals surface area contributed by atoms with Crippen molar-refractivity contribution < 1.29 is 10.0 Å². The maximum atomic E-state index is 11.6. The summed E-state index contributed by atoms with van der Waals surface area (Å²) in [7, 11) is 0. The second-order valence-electron chi connectivity index (χ2n) is 4.73. The van der Waals surface area contributed by atoms with Gasteiger partial charge in [-0.25, -0.2) is 4.79 Å². The van der Waals surface area contributed by atoms with Crippen LogP contribution in [0.15, 0.2) is 5.16 Å². The highest BCUT2D eigenvalue weighted by atomic mass is 16.4. The summed E-state index contributed by atoms with van der Waals surface area (Å²) >= 11 is 0. The first-order valence-electron chi connectivity index (χ1n) is 6.08. The first kappa shape index (κ1) is 13.6. The molecular weight excluding hydrogens is 220 g/mol. The standard InChI is InChI=1S/C11H22N4O2/c1-3-13-10(16)14-11(9(12)15-17)6-4-8(2)5-7-11/h8,17H,3-7H2,1-2H3,(H2,12,15)(H2,13,14,16). The minimum absolute atomic E-state index is 0.0932. The third-order valence-electron chi connectivity index (χ3n) is 3.42. The Morgan fingerprint density at radius 3 is 2.59 bits per heavy atom. The fourth-order valence-electron chi connectivity index (χ4n) is 2.22. The molecule has 0 atom stereocenters. The number of hydrogen-bond donors (Lipinski definition) is 4. The number of amidine groups is 1. The monoisotopic (exact) mass is 242 g/mol. The van der Waals surface area contributed by atoms with Crippen LogP contribution in [0.25, 0.3) is 0 Å². The molecule has 0 aromatic heterocycles. The molecule has 0 saturated heterocycles. The lowest BCUT2D eigenvalue weighted by atomic mass is 9.76. The molecule has 0 aromatic carbocycles. The molecule has 1 aliphatic rings. The highest BCUT2D eigenvalue weighted by molar-refractivity contribution is 5.93. The SMILES string of the molecule is CCNC(=O)NC1(/C(N)=N/O)CCC(C)CC1. The van der Waals surface area contributed by atoms with Gasteiger partial charge in [-0.3, -0.25) is 0 Å². The average Bonchev–Trinajstić information content (AvgIpc) is 2.31. The lowest BCUT2D eigenvalue weighted by Gasteiger charge is -2.38. The Bertz CT molecular complexity index is 296. The van der Waals surface area contributed by atoms with E-state index < -0.39 is 5.54 Å². The molecule has 17 heavy (non-hydrogen) atoms. The van der Waals surface area contributed by atoms with Crippen LogP contribution in [0.3, 0.4) is 0 Å². The van der Waals surface area contributed by atoms with Crippen molar-refractivity contribution >= 4 is 11.9 Å². The topological polar surface area (TPSA) is 99.7 Å². The van der Waals surface area contributed by atoms with Crippen molar-refractivity contribution in [2.24, 2.45) is 16.8 Å². The van der Waals surface area contributed by atoms with Crippen LogP contribution in [0.5, 0.6) is 0 Å². The molecule has 6 heteroatoms. The predicted octanol–water partition coefficient (Wildman–Crippen LogP) is 1.00. The first-order chi connectivity index (χ1) is 8.04. The third-order valence-corrected chi connectivity index (χ3v) is 3.42. The van der Waals surface area contributed by atoms with E-state index in [4.69, 9.17) is 10.9 Å². The molecule has 0 radical (unpaired) electrons. The number of urea groups is 1. The fourth-order valence-corrected chi connectivity index (χ4v) is 2.22. The van der Waals surface area contributed by atoms with Gasteiger partial charge in [0.25, 0.3) is 0 Å². The van der Waals surface area contributed by atoms with Crippen LogP contribution < -0.4 is 16.4 Å². The molecule has 0 heterocycles. The maximum Gasteiger partial charge on any atom is 0.315 e. The Morgan fingerprint density at radius 1 is 1.53 bits per heavy atom. The van der Waals surface area contributed by atoms with Crippen LogP contribution in [0.2, 0.25) is 0 Å². The van der Waals surface area contributed by atoms with E-state index >= 15 is 0 Å². The number of nitrogens with zero attached hydrogens (tertiary/aromatic N) is 1. The Kier molecular flexibility index (Phi) is 4.60. The van der Waals surface area contributed by atoms with Crippen LogP contribution in [0, 0.1) is 5.92 Å². The highest BCUT2D eigenvalue weighted by Crippen LogP contribution is 2.32. The molecular formula is C11H22N4O2. The molecule has 1 saturated carbocycles. The predicted molar refractivity (Wildman–Crippen MR) is 66.0 cm³/mol. The number of nitrogens with one attached hydrogen (secondary N) is 2. The molecule has 6 nitrogen and oxygen atoms in total. The van der Waals surface area contributed by atoms with Gasteiger partial charge in [0.1, 0.15) is 5.54 Å². The van der Waals surface area contributed by atoms with Crippen molar-refractivity contribution in [3.8, 4) is 0 Å². The Morgan fingerprint density at radius 2 is 2.12 bits per heavy atom. The number of oxime groups is 1. The van der Waals surface area contributed by atoms with E-state index in [1.165, 1.54) is 0 Å². The highest BCUT2D eigenvalue weighted by Gasteiger charge is 2.39.